The molecule has 1 atom stereocenters. The molecule has 15 heavy (non-hydrogen) atoms. The number of likely N-dealkylation sites (N-methyl/N-ethyl adjacent to an activating group) is 1. The summed E-state index contributed by atoms with van der Waals surface area (Å²) in [7, 11) is 0. The van der Waals surface area contributed by atoms with Crippen molar-refractivity contribution >= 4 is 12.2 Å². The lowest BCUT2D eigenvalue weighted by molar-refractivity contribution is -0.130. The third-order valence-corrected chi connectivity index (χ3v) is 2.84. The van der Waals surface area contributed by atoms with E-state index in [1.807, 2.05) is 18.7 Å². The van der Waals surface area contributed by atoms with Gasteiger partial charge in [0.25, 0.3) is 0 Å². The molecule has 1 rings (SSSR count). The number of hydrogen-bond acceptors (Lipinski definition) is 3. The Balaban J connectivity index is 2.44. The second-order valence-corrected chi connectivity index (χ2v) is 4.14. The summed E-state index contributed by atoms with van der Waals surface area (Å²) in [5.74, 6) is 0.298. The van der Waals surface area contributed by atoms with Crippen molar-refractivity contribution in [3.8, 4) is 0 Å². The SMILES string of the molecule is CCN1CCN(CC(C)C=O)CCC1=O. The highest BCUT2D eigenvalue weighted by molar-refractivity contribution is 5.76. The number of carbonyl (C=O) groups excluding carboxylic acids is 2. The number of carbonyl (C=O) groups is 2. The minimum atomic E-state index is 0.0632. The highest BCUT2D eigenvalue weighted by Gasteiger charge is 2.20. The average Bonchev–Trinajstić information content (AvgIpc) is 2.41. The monoisotopic (exact) mass is 212 g/mol. The van der Waals surface area contributed by atoms with Crippen molar-refractivity contribution in [1.82, 2.24) is 9.80 Å². The molecule has 86 valence electrons. The van der Waals surface area contributed by atoms with E-state index in [-0.39, 0.29) is 11.8 Å². The summed E-state index contributed by atoms with van der Waals surface area (Å²) in [4.78, 5) is 26.2. The molecule has 4 heteroatoms. The molecule has 0 aromatic heterocycles. The van der Waals surface area contributed by atoms with Crippen LogP contribution >= 0.6 is 0 Å². The van der Waals surface area contributed by atoms with Crippen LogP contribution in [0.4, 0.5) is 0 Å². The molecule has 0 radical (unpaired) electrons. The summed E-state index contributed by atoms with van der Waals surface area (Å²) in [5, 5.41) is 0. The third kappa shape index (κ3) is 3.63. The summed E-state index contributed by atoms with van der Waals surface area (Å²) in [6.45, 7) is 7.94. The Kier molecular flexibility index (Phi) is 4.75. The fraction of sp³-hybridized carbons (Fsp3) is 0.818. The van der Waals surface area contributed by atoms with Crippen LogP contribution in [-0.2, 0) is 9.59 Å². The number of amides is 1. The quantitative estimate of drug-likeness (QED) is 0.632. The molecule has 1 unspecified atom stereocenters. The van der Waals surface area contributed by atoms with Crippen LogP contribution in [0.2, 0.25) is 0 Å². The molecule has 4 nitrogen and oxygen atoms in total. The topological polar surface area (TPSA) is 40.6 Å². The molecular weight excluding hydrogens is 192 g/mol. The highest BCUT2D eigenvalue weighted by Crippen LogP contribution is 2.06. The van der Waals surface area contributed by atoms with E-state index >= 15 is 0 Å². The van der Waals surface area contributed by atoms with Gasteiger partial charge in [0.1, 0.15) is 6.29 Å². The zero-order valence-electron chi connectivity index (χ0n) is 9.61. The van der Waals surface area contributed by atoms with Gasteiger partial charge in [-0.15, -0.1) is 0 Å². The van der Waals surface area contributed by atoms with Gasteiger partial charge in [-0.1, -0.05) is 6.92 Å². The fourth-order valence-electron chi connectivity index (χ4n) is 1.88. The first kappa shape index (κ1) is 12.2. The van der Waals surface area contributed by atoms with Crippen LogP contribution in [0.15, 0.2) is 0 Å². The Hall–Kier alpha value is -0.900. The Bertz CT molecular complexity index is 231. The van der Waals surface area contributed by atoms with Crippen molar-refractivity contribution in [2.75, 3.05) is 32.7 Å². The standard InChI is InChI=1S/C11H20N2O2/c1-3-13-7-6-12(5-4-11(13)15)8-10(2)9-14/h9-10H,3-8H2,1-2H3. The molecule has 0 aliphatic carbocycles. The molecule has 0 N–H and O–H groups in total. The van der Waals surface area contributed by atoms with E-state index in [9.17, 15) is 9.59 Å². The van der Waals surface area contributed by atoms with Gasteiger partial charge in [-0.25, -0.2) is 0 Å². The first-order valence-electron chi connectivity index (χ1n) is 5.62. The molecule has 1 saturated heterocycles. The molecule has 1 fully saturated rings. The lowest BCUT2D eigenvalue weighted by Crippen LogP contribution is -2.34. The summed E-state index contributed by atoms with van der Waals surface area (Å²) in [6.07, 6.45) is 1.56. The van der Waals surface area contributed by atoms with E-state index in [4.69, 9.17) is 0 Å². The van der Waals surface area contributed by atoms with E-state index in [1.54, 1.807) is 0 Å². The molecule has 0 bridgehead atoms. The molecule has 0 aromatic rings. The zero-order chi connectivity index (χ0) is 11.3. The van der Waals surface area contributed by atoms with Crippen molar-refractivity contribution < 1.29 is 9.59 Å². The van der Waals surface area contributed by atoms with E-state index in [2.05, 4.69) is 4.90 Å². The van der Waals surface area contributed by atoms with Crippen LogP contribution in [0.5, 0.6) is 0 Å². The van der Waals surface area contributed by atoms with Gasteiger partial charge in [0.15, 0.2) is 0 Å². The molecular formula is C11H20N2O2. The van der Waals surface area contributed by atoms with Gasteiger partial charge in [-0.05, 0) is 6.92 Å². The Morgan fingerprint density at radius 1 is 1.40 bits per heavy atom. The van der Waals surface area contributed by atoms with Crippen molar-refractivity contribution in [1.29, 1.82) is 0 Å². The maximum atomic E-state index is 11.6. The Morgan fingerprint density at radius 2 is 2.13 bits per heavy atom. The second kappa shape index (κ2) is 5.85. The van der Waals surface area contributed by atoms with E-state index in [1.165, 1.54) is 0 Å². The van der Waals surface area contributed by atoms with Crippen LogP contribution in [0.3, 0.4) is 0 Å². The first-order valence-corrected chi connectivity index (χ1v) is 5.62. The van der Waals surface area contributed by atoms with Crippen molar-refractivity contribution in [2.45, 2.75) is 20.3 Å². The number of nitrogens with zero attached hydrogens (tertiary/aromatic N) is 2. The minimum Gasteiger partial charge on any atom is -0.342 e. The molecule has 1 aliphatic heterocycles. The maximum Gasteiger partial charge on any atom is 0.223 e. The van der Waals surface area contributed by atoms with Crippen molar-refractivity contribution in [3.05, 3.63) is 0 Å². The normalized spacial score (nSPS) is 21.2. The highest BCUT2D eigenvalue weighted by atomic mass is 16.2. The summed E-state index contributed by atoms with van der Waals surface area (Å²) in [5.41, 5.74) is 0. The Labute approximate surface area is 91.2 Å². The predicted molar refractivity (Wildman–Crippen MR) is 58.5 cm³/mol. The van der Waals surface area contributed by atoms with Crippen LogP contribution in [0.25, 0.3) is 0 Å². The molecule has 0 saturated carbocycles. The molecule has 0 aromatic carbocycles. The first-order chi connectivity index (χ1) is 7.17. The van der Waals surface area contributed by atoms with Gasteiger partial charge >= 0.3 is 0 Å². The van der Waals surface area contributed by atoms with Gasteiger partial charge in [0, 0.05) is 45.1 Å². The predicted octanol–water partition coefficient (Wildman–Crippen LogP) is 0.376. The summed E-state index contributed by atoms with van der Waals surface area (Å²) >= 11 is 0. The zero-order valence-corrected chi connectivity index (χ0v) is 9.61. The minimum absolute atomic E-state index is 0.0632. The van der Waals surface area contributed by atoms with Crippen molar-refractivity contribution in [2.24, 2.45) is 5.92 Å². The van der Waals surface area contributed by atoms with E-state index < -0.39 is 0 Å². The van der Waals surface area contributed by atoms with Gasteiger partial charge in [-0.3, -0.25) is 4.79 Å². The van der Waals surface area contributed by atoms with E-state index in [0.29, 0.717) is 6.42 Å². The smallest absolute Gasteiger partial charge is 0.223 e. The second-order valence-electron chi connectivity index (χ2n) is 4.14. The van der Waals surface area contributed by atoms with Crippen LogP contribution in [0, 0.1) is 5.92 Å². The van der Waals surface area contributed by atoms with Gasteiger partial charge < -0.3 is 14.6 Å². The van der Waals surface area contributed by atoms with Gasteiger partial charge in [0.2, 0.25) is 5.91 Å². The average molecular weight is 212 g/mol. The number of hydrogen-bond donors (Lipinski definition) is 0. The van der Waals surface area contributed by atoms with Crippen LogP contribution in [-0.4, -0.2) is 54.7 Å². The summed E-state index contributed by atoms with van der Waals surface area (Å²) < 4.78 is 0. The summed E-state index contributed by atoms with van der Waals surface area (Å²) in [6, 6.07) is 0. The van der Waals surface area contributed by atoms with Crippen LogP contribution in [0.1, 0.15) is 20.3 Å². The van der Waals surface area contributed by atoms with Crippen LogP contribution < -0.4 is 0 Å². The third-order valence-electron chi connectivity index (χ3n) is 2.84. The molecule has 0 spiro atoms. The van der Waals surface area contributed by atoms with Gasteiger partial charge in [0.05, 0.1) is 0 Å². The maximum absolute atomic E-state index is 11.6. The Morgan fingerprint density at radius 3 is 2.73 bits per heavy atom. The number of aldehydes is 1. The lowest BCUT2D eigenvalue weighted by atomic mass is 10.2. The largest absolute Gasteiger partial charge is 0.342 e. The molecule has 1 amide bonds. The molecule has 1 heterocycles. The van der Waals surface area contributed by atoms with E-state index in [0.717, 1.165) is 39.0 Å². The van der Waals surface area contributed by atoms with Crippen molar-refractivity contribution in [3.63, 3.8) is 0 Å². The number of rotatable bonds is 4. The van der Waals surface area contributed by atoms with Gasteiger partial charge in [-0.2, -0.15) is 0 Å². The lowest BCUT2D eigenvalue weighted by Gasteiger charge is -2.21. The molecule has 1 aliphatic rings. The fourth-order valence-corrected chi connectivity index (χ4v) is 1.88.